The molecular formula is C25H30N2O4. The Hall–Kier alpha value is -3.12. The molecule has 6 heteroatoms. The molecule has 1 aliphatic heterocycles. The molecule has 0 saturated carbocycles. The fourth-order valence-electron chi connectivity index (χ4n) is 3.45. The Bertz CT molecular complexity index is 964. The van der Waals surface area contributed by atoms with Crippen molar-refractivity contribution in [1.82, 2.24) is 4.90 Å². The smallest absolute Gasteiger partial charge is 0.278 e. The minimum Gasteiger partial charge on any atom is -0.491 e. The summed E-state index contributed by atoms with van der Waals surface area (Å²) in [6.07, 6.45) is 0.649. The number of hydrogen-bond donors (Lipinski definition) is 1. The van der Waals surface area contributed by atoms with Crippen LogP contribution < -0.4 is 10.1 Å². The molecule has 0 aliphatic carbocycles. The van der Waals surface area contributed by atoms with Gasteiger partial charge >= 0.3 is 0 Å². The van der Waals surface area contributed by atoms with Gasteiger partial charge in [-0.15, -0.1) is 0 Å². The first-order valence-corrected chi connectivity index (χ1v) is 10.7. The minimum absolute atomic E-state index is 0.0545. The summed E-state index contributed by atoms with van der Waals surface area (Å²) in [7, 11) is 0. The zero-order valence-corrected chi connectivity index (χ0v) is 18.6. The average Bonchev–Trinajstić information content (AvgIpc) is 2.97. The van der Waals surface area contributed by atoms with E-state index < -0.39 is 0 Å². The van der Waals surface area contributed by atoms with E-state index >= 15 is 0 Å². The van der Waals surface area contributed by atoms with Crippen molar-refractivity contribution in [2.24, 2.45) is 0 Å². The van der Waals surface area contributed by atoms with E-state index in [9.17, 15) is 9.59 Å². The maximum absolute atomic E-state index is 13.3. The highest BCUT2D eigenvalue weighted by atomic mass is 16.5. The number of nitrogens with zero attached hydrogens (tertiary/aromatic N) is 1. The van der Waals surface area contributed by atoms with Gasteiger partial charge in [0.15, 0.2) is 0 Å². The van der Waals surface area contributed by atoms with Crippen molar-refractivity contribution in [2.75, 3.05) is 25.1 Å². The van der Waals surface area contributed by atoms with E-state index in [0.717, 1.165) is 17.0 Å². The molecule has 2 aromatic carbocycles. The molecule has 0 radical (unpaired) electrons. The Kier molecular flexibility index (Phi) is 7.47. The highest BCUT2D eigenvalue weighted by Crippen LogP contribution is 2.32. The molecule has 0 bridgehead atoms. The number of imide groups is 1. The fourth-order valence-corrected chi connectivity index (χ4v) is 3.45. The van der Waals surface area contributed by atoms with E-state index in [4.69, 9.17) is 9.47 Å². The minimum atomic E-state index is -0.317. The van der Waals surface area contributed by atoms with Gasteiger partial charge in [-0.3, -0.25) is 14.5 Å². The Labute approximate surface area is 183 Å². The number of hydrogen-bond acceptors (Lipinski definition) is 5. The summed E-state index contributed by atoms with van der Waals surface area (Å²) in [5.74, 6) is 0.107. The summed E-state index contributed by atoms with van der Waals surface area (Å²) in [5.41, 5.74) is 3.14. The molecule has 0 aromatic heterocycles. The number of ether oxygens (including phenoxy) is 2. The van der Waals surface area contributed by atoms with Gasteiger partial charge in [0.1, 0.15) is 11.4 Å². The van der Waals surface area contributed by atoms with Crippen molar-refractivity contribution in [3.05, 3.63) is 65.4 Å². The second-order valence-electron chi connectivity index (χ2n) is 7.69. The lowest BCUT2D eigenvalue weighted by atomic mass is 10.0. The summed E-state index contributed by atoms with van der Waals surface area (Å²) in [5, 5.41) is 3.22. The third-order valence-electron chi connectivity index (χ3n) is 4.96. The standard InChI is InChI=1S/C25H30N2O4/c1-5-30-16-8-15-27-24(28)22(19-11-13-20(14-12-19)31-17(2)3)23(25(27)29)26-21-10-7-6-9-18(21)4/h6-7,9-14,17,26H,5,8,15-16H2,1-4H3. The molecule has 0 unspecified atom stereocenters. The molecule has 1 heterocycles. The topological polar surface area (TPSA) is 67.9 Å². The molecule has 2 amide bonds. The van der Waals surface area contributed by atoms with Crippen LogP contribution in [0.2, 0.25) is 0 Å². The number of carbonyl (C=O) groups excluding carboxylic acids is 2. The van der Waals surface area contributed by atoms with Crippen molar-refractivity contribution in [3.63, 3.8) is 0 Å². The number of para-hydroxylation sites is 1. The molecule has 6 nitrogen and oxygen atoms in total. The zero-order chi connectivity index (χ0) is 22.4. The summed E-state index contributed by atoms with van der Waals surface area (Å²) in [4.78, 5) is 27.8. The van der Waals surface area contributed by atoms with Crippen LogP contribution in [0.15, 0.2) is 54.2 Å². The van der Waals surface area contributed by atoms with Gasteiger partial charge in [-0.05, 0) is 63.4 Å². The molecule has 0 atom stereocenters. The quantitative estimate of drug-likeness (QED) is 0.454. The second-order valence-corrected chi connectivity index (χ2v) is 7.69. The number of nitrogens with one attached hydrogen (secondary N) is 1. The summed E-state index contributed by atoms with van der Waals surface area (Å²) >= 11 is 0. The van der Waals surface area contributed by atoms with Crippen LogP contribution in [0.1, 0.15) is 38.3 Å². The first-order valence-electron chi connectivity index (χ1n) is 10.7. The largest absolute Gasteiger partial charge is 0.491 e. The van der Waals surface area contributed by atoms with Gasteiger partial charge in [0.2, 0.25) is 0 Å². The molecular weight excluding hydrogens is 392 g/mol. The molecule has 0 spiro atoms. The Morgan fingerprint density at radius 1 is 1.00 bits per heavy atom. The van der Waals surface area contributed by atoms with E-state index in [1.807, 2.05) is 76.2 Å². The lowest BCUT2D eigenvalue weighted by molar-refractivity contribution is -0.137. The van der Waals surface area contributed by atoms with Crippen LogP contribution in [-0.4, -0.2) is 42.6 Å². The highest BCUT2D eigenvalue weighted by Gasteiger charge is 2.39. The van der Waals surface area contributed by atoms with Gasteiger partial charge < -0.3 is 14.8 Å². The Morgan fingerprint density at radius 3 is 2.35 bits per heavy atom. The van der Waals surface area contributed by atoms with Crippen molar-refractivity contribution < 1.29 is 19.1 Å². The van der Waals surface area contributed by atoms with Gasteiger partial charge in [0.05, 0.1) is 11.7 Å². The Morgan fingerprint density at radius 2 is 1.71 bits per heavy atom. The van der Waals surface area contributed by atoms with Crippen LogP contribution >= 0.6 is 0 Å². The molecule has 1 N–H and O–H groups in total. The van der Waals surface area contributed by atoms with Crippen molar-refractivity contribution in [3.8, 4) is 5.75 Å². The number of benzene rings is 2. The zero-order valence-electron chi connectivity index (χ0n) is 18.6. The number of carbonyl (C=O) groups is 2. The maximum Gasteiger partial charge on any atom is 0.278 e. The molecule has 3 rings (SSSR count). The van der Waals surface area contributed by atoms with Crippen molar-refractivity contribution >= 4 is 23.1 Å². The highest BCUT2D eigenvalue weighted by molar-refractivity contribution is 6.36. The van der Waals surface area contributed by atoms with Crippen LogP contribution in [0.25, 0.3) is 5.57 Å². The van der Waals surface area contributed by atoms with Gasteiger partial charge in [0.25, 0.3) is 11.8 Å². The van der Waals surface area contributed by atoms with E-state index in [0.29, 0.717) is 43.0 Å². The first-order chi connectivity index (χ1) is 14.9. The summed E-state index contributed by atoms with van der Waals surface area (Å²) in [6, 6.07) is 15.0. The third-order valence-corrected chi connectivity index (χ3v) is 4.96. The van der Waals surface area contributed by atoms with Crippen LogP contribution in [0.4, 0.5) is 5.69 Å². The van der Waals surface area contributed by atoms with Crippen molar-refractivity contribution in [2.45, 2.75) is 40.2 Å². The number of anilines is 1. The Balaban J connectivity index is 1.94. The van der Waals surface area contributed by atoms with E-state index in [2.05, 4.69) is 5.32 Å². The molecule has 31 heavy (non-hydrogen) atoms. The van der Waals surface area contributed by atoms with Crippen LogP contribution in [-0.2, 0) is 14.3 Å². The molecule has 164 valence electrons. The lowest BCUT2D eigenvalue weighted by Gasteiger charge is -2.15. The normalized spacial score (nSPS) is 14.0. The second kappa shape index (κ2) is 10.3. The monoisotopic (exact) mass is 422 g/mol. The molecule has 0 fully saturated rings. The van der Waals surface area contributed by atoms with Gasteiger partial charge in [-0.2, -0.15) is 0 Å². The van der Waals surface area contributed by atoms with E-state index in [1.54, 1.807) is 0 Å². The number of aryl methyl sites for hydroxylation is 1. The number of amides is 2. The van der Waals surface area contributed by atoms with Crippen LogP contribution in [0.5, 0.6) is 5.75 Å². The van der Waals surface area contributed by atoms with Gasteiger partial charge in [-0.1, -0.05) is 30.3 Å². The predicted octanol–water partition coefficient (Wildman–Crippen LogP) is 4.40. The van der Waals surface area contributed by atoms with Gasteiger partial charge in [0, 0.05) is 25.4 Å². The lowest BCUT2D eigenvalue weighted by Crippen LogP contribution is -2.34. The van der Waals surface area contributed by atoms with Crippen molar-refractivity contribution in [1.29, 1.82) is 0 Å². The number of rotatable bonds is 10. The third kappa shape index (κ3) is 5.33. The maximum atomic E-state index is 13.3. The molecule has 1 aliphatic rings. The van der Waals surface area contributed by atoms with E-state index in [-0.39, 0.29) is 17.9 Å². The summed E-state index contributed by atoms with van der Waals surface area (Å²) in [6.45, 7) is 9.22. The van der Waals surface area contributed by atoms with Gasteiger partial charge in [-0.25, -0.2) is 0 Å². The summed E-state index contributed by atoms with van der Waals surface area (Å²) < 4.78 is 11.1. The first kappa shape index (κ1) is 22.6. The fraction of sp³-hybridized carbons (Fsp3) is 0.360. The average molecular weight is 423 g/mol. The molecule has 0 saturated heterocycles. The SMILES string of the molecule is CCOCCCN1C(=O)C(Nc2ccccc2C)=C(c2ccc(OC(C)C)cc2)C1=O. The van der Waals surface area contributed by atoms with Crippen LogP contribution in [0, 0.1) is 6.92 Å². The molecule has 2 aromatic rings. The van der Waals surface area contributed by atoms with E-state index in [1.165, 1.54) is 4.90 Å². The van der Waals surface area contributed by atoms with Crippen LogP contribution in [0.3, 0.4) is 0 Å². The predicted molar refractivity (Wildman–Crippen MR) is 122 cm³/mol.